The van der Waals surface area contributed by atoms with Crippen LogP contribution in [0.5, 0.6) is 5.75 Å². The van der Waals surface area contributed by atoms with E-state index in [0.29, 0.717) is 28.8 Å². The van der Waals surface area contributed by atoms with Crippen LogP contribution < -0.4 is 10.3 Å². The largest absolute Gasteiger partial charge is 0.488 e. The highest BCUT2D eigenvalue weighted by Crippen LogP contribution is 2.32. The van der Waals surface area contributed by atoms with Crippen molar-refractivity contribution in [2.75, 3.05) is 6.26 Å². The van der Waals surface area contributed by atoms with Gasteiger partial charge in [-0.1, -0.05) is 48.2 Å². The van der Waals surface area contributed by atoms with Crippen molar-refractivity contribution in [2.24, 2.45) is 0 Å². The predicted molar refractivity (Wildman–Crippen MR) is 105 cm³/mol. The molecule has 3 aromatic rings. The number of hydrogen-bond acceptors (Lipinski definition) is 5. The van der Waals surface area contributed by atoms with Crippen molar-refractivity contribution >= 4 is 27.7 Å². The third-order valence-electron chi connectivity index (χ3n) is 3.64. The molecule has 0 aliphatic carbocycles. The van der Waals surface area contributed by atoms with Crippen molar-refractivity contribution in [1.82, 2.24) is 9.97 Å². The van der Waals surface area contributed by atoms with Crippen molar-refractivity contribution in [2.45, 2.75) is 11.8 Å². The average molecular weight is 428 g/mol. The normalized spacial score (nSPS) is 10.3. The first-order valence-electron chi connectivity index (χ1n) is 7.67. The fourth-order valence-electron chi connectivity index (χ4n) is 2.36. The second-order valence-electron chi connectivity index (χ2n) is 5.33. The minimum atomic E-state index is -0.448. The van der Waals surface area contributed by atoms with Crippen LogP contribution in [0, 0.1) is 11.3 Å². The third kappa shape index (κ3) is 3.98. The molecule has 0 spiro atoms. The molecule has 5 nitrogen and oxygen atoms in total. The van der Waals surface area contributed by atoms with Crippen LogP contribution >= 0.6 is 27.7 Å². The van der Waals surface area contributed by atoms with Gasteiger partial charge in [-0.15, -0.1) is 0 Å². The Hall–Kier alpha value is -2.56. The van der Waals surface area contributed by atoms with Crippen LogP contribution in [0.4, 0.5) is 0 Å². The van der Waals surface area contributed by atoms with Gasteiger partial charge in [-0.2, -0.15) is 5.26 Å². The lowest BCUT2D eigenvalue weighted by molar-refractivity contribution is 0.304. The number of rotatable bonds is 5. The van der Waals surface area contributed by atoms with Crippen molar-refractivity contribution < 1.29 is 4.74 Å². The lowest BCUT2D eigenvalue weighted by atomic mass is 10.1. The first-order valence-corrected chi connectivity index (χ1v) is 9.69. The first-order chi connectivity index (χ1) is 12.6. The summed E-state index contributed by atoms with van der Waals surface area (Å²) < 4.78 is 6.68. The van der Waals surface area contributed by atoms with Crippen molar-refractivity contribution in [3.05, 3.63) is 74.5 Å². The van der Waals surface area contributed by atoms with Gasteiger partial charge < -0.3 is 9.72 Å². The molecule has 130 valence electrons. The quantitative estimate of drug-likeness (QED) is 0.482. The van der Waals surface area contributed by atoms with Crippen LogP contribution in [0.2, 0.25) is 0 Å². The van der Waals surface area contributed by atoms with E-state index < -0.39 is 5.56 Å². The topological polar surface area (TPSA) is 78.8 Å². The van der Waals surface area contributed by atoms with E-state index >= 15 is 0 Å². The molecular weight excluding hydrogens is 414 g/mol. The molecule has 0 atom stereocenters. The Balaban J connectivity index is 1.99. The molecule has 7 heteroatoms. The summed E-state index contributed by atoms with van der Waals surface area (Å²) in [5.74, 6) is 0.614. The first kappa shape index (κ1) is 18.2. The van der Waals surface area contributed by atoms with Gasteiger partial charge in [-0.25, -0.2) is 4.98 Å². The number of halogens is 1. The number of nitrogens with zero attached hydrogens (tertiary/aromatic N) is 2. The van der Waals surface area contributed by atoms with Crippen molar-refractivity contribution in [3.63, 3.8) is 0 Å². The molecule has 0 saturated heterocycles. The number of H-pyrrole nitrogens is 1. The van der Waals surface area contributed by atoms with E-state index in [4.69, 9.17) is 4.74 Å². The summed E-state index contributed by atoms with van der Waals surface area (Å²) in [6.45, 7) is 0.410. The summed E-state index contributed by atoms with van der Waals surface area (Å²) in [5.41, 5.74) is 1.57. The Labute approximate surface area is 163 Å². The lowest BCUT2D eigenvalue weighted by Crippen LogP contribution is -2.14. The molecular formula is C19H14BrN3O2S. The van der Waals surface area contributed by atoms with Gasteiger partial charge in [0.25, 0.3) is 5.56 Å². The summed E-state index contributed by atoms with van der Waals surface area (Å²) in [5, 5.41) is 9.80. The van der Waals surface area contributed by atoms with E-state index in [0.717, 1.165) is 10.0 Å². The SMILES string of the molecule is CSc1nc(-c2ccc(Br)c(OCc3ccccc3)c2)c(C#N)c(=O)[nH]1. The molecule has 1 aromatic heterocycles. The molecule has 0 fully saturated rings. The molecule has 0 unspecified atom stereocenters. The van der Waals surface area contributed by atoms with E-state index in [1.165, 1.54) is 11.8 Å². The molecule has 3 rings (SSSR count). The summed E-state index contributed by atoms with van der Waals surface area (Å²) in [4.78, 5) is 19.1. The summed E-state index contributed by atoms with van der Waals surface area (Å²) in [6, 6.07) is 17.1. The van der Waals surface area contributed by atoms with E-state index in [2.05, 4.69) is 25.9 Å². The zero-order chi connectivity index (χ0) is 18.5. The molecule has 0 bridgehead atoms. The second kappa shape index (κ2) is 8.21. The highest BCUT2D eigenvalue weighted by molar-refractivity contribution is 9.10. The Morgan fingerprint density at radius 3 is 2.73 bits per heavy atom. The van der Waals surface area contributed by atoms with E-state index in [1.54, 1.807) is 12.1 Å². The van der Waals surface area contributed by atoms with Crippen molar-refractivity contribution in [3.8, 4) is 23.1 Å². The highest BCUT2D eigenvalue weighted by Gasteiger charge is 2.15. The smallest absolute Gasteiger partial charge is 0.270 e. The maximum atomic E-state index is 12.1. The number of aromatic amines is 1. The fourth-order valence-corrected chi connectivity index (χ4v) is 3.10. The predicted octanol–water partition coefficient (Wildman–Crippen LogP) is 4.37. The van der Waals surface area contributed by atoms with E-state index in [9.17, 15) is 10.1 Å². The molecule has 1 heterocycles. The number of nitriles is 1. The van der Waals surface area contributed by atoms with Crippen LogP contribution in [0.1, 0.15) is 11.1 Å². The lowest BCUT2D eigenvalue weighted by Gasteiger charge is -2.11. The van der Waals surface area contributed by atoms with Gasteiger partial charge >= 0.3 is 0 Å². The number of benzene rings is 2. The standard InChI is InChI=1S/C19H14BrN3O2S/c1-26-19-22-17(14(10-21)18(24)23-19)13-7-8-15(20)16(9-13)25-11-12-5-3-2-4-6-12/h2-9H,11H2,1H3,(H,22,23,24). The third-order valence-corrected chi connectivity index (χ3v) is 4.88. The Kier molecular flexibility index (Phi) is 5.76. The zero-order valence-electron chi connectivity index (χ0n) is 13.8. The Morgan fingerprint density at radius 2 is 2.04 bits per heavy atom. The fraction of sp³-hybridized carbons (Fsp3) is 0.105. The Morgan fingerprint density at radius 1 is 1.27 bits per heavy atom. The molecule has 0 radical (unpaired) electrons. The van der Waals surface area contributed by atoms with Crippen LogP contribution in [0.25, 0.3) is 11.3 Å². The van der Waals surface area contributed by atoms with Gasteiger partial charge in [0.1, 0.15) is 24.0 Å². The number of aromatic nitrogens is 2. The maximum absolute atomic E-state index is 12.1. The minimum Gasteiger partial charge on any atom is -0.488 e. The van der Waals surface area contributed by atoms with E-state index in [-0.39, 0.29) is 5.56 Å². The van der Waals surface area contributed by atoms with E-state index in [1.807, 2.05) is 48.7 Å². The van der Waals surface area contributed by atoms with Gasteiger partial charge in [-0.3, -0.25) is 4.79 Å². The number of ether oxygens (including phenoxy) is 1. The molecule has 0 aliphatic rings. The monoisotopic (exact) mass is 427 g/mol. The molecule has 1 N–H and O–H groups in total. The summed E-state index contributed by atoms with van der Waals surface area (Å²) in [7, 11) is 0. The van der Waals surface area contributed by atoms with Gasteiger partial charge in [0, 0.05) is 5.56 Å². The van der Waals surface area contributed by atoms with Crippen molar-refractivity contribution in [1.29, 1.82) is 5.26 Å². The number of thioether (sulfide) groups is 1. The number of hydrogen-bond donors (Lipinski definition) is 1. The molecule has 26 heavy (non-hydrogen) atoms. The highest BCUT2D eigenvalue weighted by atomic mass is 79.9. The van der Waals surface area contributed by atoms with Crippen LogP contribution in [-0.2, 0) is 6.61 Å². The molecule has 2 aromatic carbocycles. The summed E-state index contributed by atoms with van der Waals surface area (Å²) >= 11 is 4.78. The van der Waals surface area contributed by atoms with Gasteiger partial charge in [0.15, 0.2) is 5.16 Å². The minimum absolute atomic E-state index is 0.0147. The summed E-state index contributed by atoms with van der Waals surface area (Å²) in [6.07, 6.45) is 1.81. The van der Waals surface area contributed by atoms with Crippen LogP contribution in [0.15, 0.2) is 63.0 Å². The van der Waals surface area contributed by atoms with Gasteiger partial charge in [-0.05, 0) is 39.9 Å². The molecule has 0 amide bonds. The van der Waals surface area contributed by atoms with Crippen LogP contribution in [-0.4, -0.2) is 16.2 Å². The maximum Gasteiger partial charge on any atom is 0.270 e. The second-order valence-corrected chi connectivity index (χ2v) is 6.98. The van der Waals surface area contributed by atoms with Gasteiger partial charge in [0.05, 0.1) is 10.2 Å². The zero-order valence-corrected chi connectivity index (χ0v) is 16.2. The molecule has 0 aliphatic heterocycles. The Bertz CT molecular complexity index is 1030. The molecule has 0 saturated carbocycles. The number of nitrogens with one attached hydrogen (secondary N) is 1. The van der Waals surface area contributed by atoms with Gasteiger partial charge in [0.2, 0.25) is 0 Å². The van der Waals surface area contributed by atoms with Crippen LogP contribution in [0.3, 0.4) is 0 Å². The average Bonchev–Trinajstić information content (AvgIpc) is 2.67.